The molecule has 0 saturated carbocycles. The highest BCUT2D eigenvalue weighted by atomic mass is 79.9. The van der Waals surface area contributed by atoms with Gasteiger partial charge < -0.3 is 9.47 Å². The van der Waals surface area contributed by atoms with Gasteiger partial charge in [-0.05, 0) is 13.8 Å². The number of carbonyl (C=O) groups excluding carboxylic acids is 1. The molecule has 0 atom stereocenters. The summed E-state index contributed by atoms with van der Waals surface area (Å²) in [7, 11) is 0. The largest absolute Gasteiger partial charge is 0.343 e. The second-order valence-corrected chi connectivity index (χ2v) is 3.43. The highest BCUT2D eigenvalue weighted by molar-refractivity contribution is 9.09. The fourth-order valence-corrected chi connectivity index (χ4v) is 1.99. The van der Waals surface area contributed by atoms with E-state index in [1.54, 1.807) is 0 Å². The molecule has 78 valence electrons. The van der Waals surface area contributed by atoms with Crippen LogP contribution in [0.3, 0.4) is 0 Å². The van der Waals surface area contributed by atoms with Gasteiger partial charge in [0, 0.05) is 13.2 Å². The standard InChI is InChI=1S/C8H14Br2O3/c1-3-12-8(6-10,13-4-2)7(11)5-9/h3-6H2,1-2H3. The SMILES string of the molecule is CCOC(CBr)(OCC)C(=O)CBr. The van der Waals surface area contributed by atoms with E-state index in [2.05, 4.69) is 31.9 Å². The van der Waals surface area contributed by atoms with Crippen molar-refractivity contribution in [1.29, 1.82) is 0 Å². The van der Waals surface area contributed by atoms with Crippen LogP contribution in [-0.4, -0.2) is 35.4 Å². The summed E-state index contributed by atoms with van der Waals surface area (Å²) in [5.41, 5.74) is 0. The van der Waals surface area contributed by atoms with Gasteiger partial charge in [-0.3, -0.25) is 4.79 Å². The van der Waals surface area contributed by atoms with E-state index in [0.717, 1.165) is 0 Å². The van der Waals surface area contributed by atoms with Gasteiger partial charge in [-0.1, -0.05) is 31.9 Å². The molecule has 0 unspecified atom stereocenters. The van der Waals surface area contributed by atoms with E-state index in [1.807, 2.05) is 13.8 Å². The smallest absolute Gasteiger partial charge is 0.239 e. The Kier molecular flexibility index (Phi) is 7.22. The molecule has 0 aliphatic rings. The van der Waals surface area contributed by atoms with E-state index in [9.17, 15) is 4.79 Å². The molecule has 0 aliphatic heterocycles. The van der Waals surface area contributed by atoms with Gasteiger partial charge in [0.25, 0.3) is 0 Å². The zero-order chi connectivity index (χ0) is 10.3. The predicted molar refractivity (Wildman–Crippen MR) is 58.6 cm³/mol. The van der Waals surface area contributed by atoms with E-state index in [4.69, 9.17) is 9.47 Å². The quantitative estimate of drug-likeness (QED) is 0.533. The van der Waals surface area contributed by atoms with Crippen LogP contribution in [0, 0.1) is 0 Å². The number of carbonyl (C=O) groups is 1. The summed E-state index contributed by atoms with van der Waals surface area (Å²) < 4.78 is 10.6. The Balaban J connectivity index is 4.52. The van der Waals surface area contributed by atoms with Crippen molar-refractivity contribution in [3.05, 3.63) is 0 Å². The van der Waals surface area contributed by atoms with Gasteiger partial charge in [-0.2, -0.15) is 0 Å². The van der Waals surface area contributed by atoms with Crippen LogP contribution >= 0.6 is 31.9 Å². The minimum absolute atomic E-state index is 0.104. The topological polar surface area (TPSA) is 35.5 Å². The Morgan fingerprint density at radius 3 is 1.92 bits per heavy atom. The molecule has 0 fully saturated rings. The molecule has 0 bridgehead atoms. The Morgan fingerprint density at radius 1 is 1.23 bits per heavy atom. The molecule has 0 heterocycles. The van der Waals surface area contributed by atoms with Crippen LogP contribution in [-0.2, 0) is 14.3 Å². The minimum atomic E-state index is -1.12. The van der Waals surface area contributed by atoms with Crippen molar-refractivity contribution < 1.29 is 14.3 Å². The number of ether oxygens (including phenoxy) is 2. The first-order valence-corrected chi connectivity index (χ1v) is 6.34. The summed E-state index contributed by atoms with van der Waals surface area (Å²) in [6.45, 7) is 4.56. The fourth-order valence-electron chi connectivity index (χ4n) is 0.922. The third-order valence-electron chi connectivity index (χ3n) is 1.48. The van der Waals surface area contributed by atoms with Crippen LogP contribution in [0.2, 0.25) is 0 Å². The first kappa shape index (κ1) is 13.5. The first-order chi connectivity index (χ1) is 6.16. The van der Waals surface area contributed by atoms with Crippen molar-refractivity contribution >= 4 is 37.6 Å². The second-order valence-electron chi connectivity index (χ2n) is 2.31. The summed E-state index contributed by atoms with van der Waals surface area (Å²) >= 11 is 6.33. The number of alkyl halides is 2. The van der Waals surface area contributed by atoms with Crippen LogP contribution in [0.15, 0.2) is 0 Å². The number of hydrogen-bond donors (Lipinski definition) is 0. The van der Waals surface area contributed by atoms with Gasteiger partial charge in [0.05, 0.1) is 10.7 Å². The van der Waals surface area contributed by atoms with Crippen LogP contribution < -0.4 is 0 Å². The number of rotatable bonds is 7. The Bertz CT molecular complexity index is 155. The average Bonchev–Trinajstić information content (AvgIpc) is 2.16. The number of Topliss-reactive ketones (excluding diaryl/α,β-unsaturated/α-hetero) is 1. The summed E-state index contributed by atoms with van der Waals surface area (Å²) in [5.74, 6) is -1.22. The van der Waals surface area contributed by atoms with Gasteiger partial charge in [-0.15, -0.1) is 0 Å². The van der Waals surface area contributed by atoms with Crippen molar-refractivity contribution in [1.82, 2.24) is 0 Å². The van der Waals surface area contributed by atoms with Crippen molar-refractivity contribution in [3.63, 3.8) is 0 Å². The highest BCUT2D eigenvalue weighted by Gasteiger charge is 2.37. The monoisotopic (exact) mass is 316 g/mol. The normalized spacial score (nSPS) is 11.7. The molecule has 0 amide bonds. The molecule has 3 nitrogen and oxygen atoms in total. The van der Waals surface area contributed by atoms with E-state index >= 15 is 0 Å². The Hall–Kier alpha value is 0.550. The van der Waals surface area contributed by atoms with Crippen molar-refractivity contribution in [3.8, 4) is 0 Å². The number of ketones is 1. The van der Waals surface area contributed by atoms with Crippen LogP contribution in [0.25, 0.3) is 0 Å². The lowest BCUT2D eigenvalue weighted by molar-refractivity contribution is -0.211. The maximum absolute atomic E-state index is 11.5. The van der Waals surface area contributed by atoms with Gasteiger partial charge in [0.1, 0.15) is 0 Å². The molecule has 0 aromatic heterocycles. The molecular weight excluding hydrogens is 304 g/mol. The number of hydrogen-bond acceptors (Lipinski definition) is 3. The molecular formula is C8H14Br2O3. The van der Waals surface area contributed by atoms with Gasteiger partial charge in [-0.25, -0.2) is 0 Å². The number of halogens is 2. The maximum Gasteiger partial charge on any atom is 0.239 e. The van der Waals surface area contributed by atoms with Crippen molar-refractivity contribution in [2.24, 2.45) is 0 Å². The third kappa shape index (κ3) is 3.65. The van der Waals surface area contributed by atoms with Crippen LogP contribution in [0.4, 0.5) is 0 Å². The van der Waals surface area contributed by atoms with Crippen molar-refractivity contribution in [2.45, 2.75) is 19.6 Å². The molecule has 0 aromatic carbocycles. The molecule has 0 radical (unpaired) electrons. The Labute approximate surface area is 95.4 Å². The minimum Gasteiger partial charge on any atom is -0.343 e. The first-order valence-electron chi connectivity index (χ1n) is 4.10. The summed E-state index contributed by atoms with van der Waals surface area (Å²) in [6.07, 6.45) is 0. The summed E-state index contributed by atoms with van der Waals surface area (Å²) in [5, 5.41) is 0.588. The molecule has 13 heavy (non-hydrogen) atoms. The van der Waals surface area contributed by atoms with Gasteiger partial charge in [0.15, 0.2) is 0 Å². The summed E-state index contributed by atoms with van der Waals surface area (Å²) in [6, 6.07) is 0. The van der Waals surface area contributed by atoms with Crippen LogP contribution in [0.5, 0.6) is 0 Å². The van der Waals surface area contributed by atoms with Crippen molar-refractivity contribution in [2.75, 3.05) is 23.9 Å². The zero-order valence-corrected chi connectivity index (χ0v) is 11.0. The lowest BCUT2D eigenvalue weighted by Crippen LogP contribution is -2.47. The molecule has 0 spiro atoms. The lowest BCUT2D eigenvalue weighted by atomic mass is 10.2. The van der Waals surface area contributed by atoms with Gasteiger partial charge >= 0.3 is 0 Å². The van der Waals surface area contributed by atoms with E-state index in [-0.39, 0.29) is 11.1 Å². The molecule has 0 N–H and O–H groups in total. The highest BCUT2D eigenvalue weighted by Crippen LogP contribution is 2.19. The lowest BCUT2D eigenvalue weighted by Gasteiger charge is -2.29. The van der Waals surface area contributed by atoms with E-state index in [0.29, 0.717) is 18.5 Å². The van der Waals surface area contributed by atoms with E-state index < -0.39 is 5.79 Å². The average molecular weight is 318 g/mol. The Morgan fingerprint density at radius 2 is 1.69 bits per heavy atom. The summed E-state index contributed by atoms with van der Waals surface area (Å²) in [4.78, 5) is 11.5. The molecule has 0 aromatic rings. The fraction of sp³-hybridized carbons (Fsp3) is 0.875. The molecule has 0 saturated heterocycles. The second kappa shape index (κ2) is 6.92. The van der Waals surface area contributed by atoms with Crippen LogP contribution in [0.1, 0.15) is 13.8 Å². The molecule has 0 rings (SSSR count). The maximum atomic E-state index is 11.5. The van der Waals surface area contributed by atoms with Gasteiger partial charge in [0.2, 0.25) is 11.6 Å². The zero-order valence-electron chi connectivity index (χ0n) is 7.81. The predicted octanol–water partition coefficient (Wildman–Crippen LogP) is 2.11. The molecule has 5 heteroatoms. The van der Waals surface area contributed by atoms with E-state index in [1.165, 1.54) is 0 Å². The third-order valence-corrected chi connectivity index (χ3v) is 2.72. The molecule has 0 aliphatic carbocycles.